The van der Waals surface area contributed by atoms with Crippen LogP contribution in [-0.4, -0.2) is 26.6 Å². The summed E-state index contributed by atoms with van der Waals surface area (Å²) < 4.78 is 65.1. The Morgan fingerprint density at radius 3 is 2.29 bits per heavy atom. The quantitative estimate of drug-likeness (QED) is 0.801. The lowest BCUT2D eigenvalue weighted by Crippen LogP contribution is -2.45. The van der Waals surface area contributed by atoms with Crippen LogP contribution in [0, 0.1) is 13.8 Å². The van der Waals surface area contributed by atoms with Crippen molar-refractivity contribution in [1.82, 2.24) is 0 Å². The predicted octanol–water partition coefficient (Wildman–Crippen LogP) is 4.12. The zero-order valence-corrected chi connectivity index (χ0v) is 16.6. The van der Waals surface area contributed by atoms with Gasteiger partial charge in [0.1, 0.15) is 6.04 Å². The van der Waals surface area contributed by atoms with E-state index in [9.17, 15) is 26.4 Å². The van der Waals surface area contributed by atoms with E-state index in [-0.39, 0.29) is 0 Å². The van der Waals surface area contributed by atoms with E-state index in [1.807, 2.05) is 0 Å². The van der Waals surface area contributed by atoms with Crippen LogP contribution in [0.25, 0.3) is 0 Å². The molecule has 1 amide bonds. The number of carbonyl (C=O) groups is 1. The second-order valence-electron chi connectivity index (χ2n) is 6.56. The van der Waals surface area contributed by atoms with Crippen LogP contribution in [0.2, 0.25) is 0 Å². The molecule has 2 aromatic rings. The van der Waals surface area contributed by atoms with Crippen molar-refractivity contribution in [3.05, 3.63) is 59.2 Å². The van der Waals surface area contributed by atoms with Gasteiger partial charge in [0.2, 0.25) is 15.9 Å². The molecule has 0 aliphatic rings. The average molecular weight is 414 g/mol. The monoisotopic (exact) mass is 414 g/mol. The number of hydrogen-bond acceptors (Lipinski definition) is 3. The Labute approximate surface area is 162 Å². The highest BCUT2D eigenvalue weighted by molar-refractivity contribution is 7.92. The molecule has 0 aliphatic heterocycles. The van der Waals surface area contributed by atoms with Crippen LogP contribution in [-0.2, 0) is 21.0 Å². The average Bonchev–Trinajstić information content (AvgIpc) is 2.56. The summed E-state index contributed by atoms with van der Waals surface area (Å²) in [6.45, 7) is 4.79. The van der Waals surface area contributed by atoms with Gasteiger partial charge in [0, 0.05) is 0 Å². The van der Waals surface area contributed by atoms with Gasteiger partial charge in [-0.15, -0.1) is 0 Å². The highest BCUT2D eigenvalue weighted by Crippen LogP contribution is 2.35. The molecule has 0 fully saturated rings. The van der Waals surface area contributed by atoms with Crippen LogP contribution >= 0.6 is 0 Å². The molecular weight excluding hydrogens is 393 g/mol. The summed E-state index contributed by atoms with van der Waals surface area (Å²) in [5, 5.41) is 2.21. The Kier molecular flexibility index (Phi) is 6.08. The molecule has 2 rings (SSSR count). The fraction of sp³-hybridized carbons (Fsp3) is 0.316. The maximum Gasteiger partial charge on any atom is 0.418 e. The van der Waals surface area contributed by atoms with Crippen molar-refractivity contribution >= 4 is 27.3 Å². The first-order valence-electron chi connectivity index (χ1n) is 8.36. The van der Waals surface area contributed by atoms with Gasteiger partial charge in [-0.1, -0.05) is 24.3 Å². The second kappa shape index (κ2) is 7.83. The number of benzene rings is 2. The maximum atomic E-state index is 13.2. The molecule has 2 aromatic carbocycles. The molecule has 0 saturated heterocycles. The number of hydrogen-bond donors (Lipinski definition) is 1. The molecule has 0 aromatic heterocycles. The summed E-state index contributed by atoms with van der Waals surface area (Å²) in [7, 11) is -3.88. The Morgan fingerprint density at radius 1 is 1.11 bits per heavy atom. The van der Waals surface area contributed by atoms with E-state index >= 15 is 0 Å². The number of anilines is 2. The summed E-state index contributed by atoms with van der Waals surface area (Å²) >= 11 is 0. The summed E-state index contributed by atoms with van der Waals surface area (Å²) in [5.41, 5.74) is 0.263. The number of halogens is 3. The van der Waals surface area contributed by atoms with Gasteiger partial charge in [0.15, 0.2) is 0 Å². The third kappa shape index (κ3) is 4.83. The number of aryl methyl sites for hydroxylation is 2. The number of nitrogens with zero attached hydrogens (tertiary/aromatic N) is 1. The maximum absolute atomic E-state index is 13.2. The van der Waals surface area contributed by atoms with Gasteiger partial charge in [0.25, 0.3) is 0 Å². The summed E-state index contributed by atoms with van der Waals surface area (Å²) in [6.07, 6.45) is -3.71. The van der Waals surface area contributed by atoms with Crippen LogP contribution in [0.5, 0.6) is 0 Å². The topological polar surface area (TPSA) is 66.5 Å². The number of carbonyl (C=O) groups excluding carboxylic acids is 1. The van der Waals surface area contributed by atoms with Crippen LogP contribution in [0.15, 0.2) is 42.5 Å². The molecule has 0 heterocycles. The van der Waals surface area contributed by atoms with E-state index < -0.39 is 39.4 Å². The molecule has 0 spiro atoms. The molecule has 5 nitrogen and oxygen atoms in total. The molecular formula is C19H21F3N2O3S. The van der Waals surface area contributed by atoms with E-state index in [1.54, 1.807) is 32.0 Å². The van der Waals surface area contributed by atoms with Gasteiger partial charge >= 0.3 is 6.18 Å². The zero-order valence-electron chi connectivity index (χ0n) is 15.8. The molecule has 152 valence electrons. The van der Waals surface area contributed by atoms with Gasteiger partial charge in [-0.05, 0) is 50.1 Å². The van der Waals surface area contributed by atoms with Gasteiger partial charge in [-0.25, -0.2) is 8.42 Å². The smallest absolute Gasteiger partial charge is 0.324 e. The van der Waals surface area contributed by atoms with E-state index in [4.69, 9.17) is 0 Å². The summed E-state index contributed by atoms with van der Waals surface area (Å²) in [5.74, 6) is -0.872. The van der Waals surface area contributed by atoms with Crippen LogP contribution in [0.3, 0.4) is 0 Å². The van der Waals surface area contributed by atoms with Crippen molar-refractivity contribution < 1.29 is 26.4 Å². The number of nitrogens with one attached hydrogen (secondary N) is 1. The minimum Gasteiger partial charge on any atom is -0.324 e. The highest BCUT2D eigenvalue weighted by atomic mass is 32.2. The normalized spacial score (nSPS) is 13.1. The molecule has 0 radical (unpaired) electrons. The minimum atomic E-state index is -4.66. The molecule has 1 N–H and O–H groups in total. The molecule has 9 heteroatoms. The van der Waals surface area contributed by atoms with Gasteiger partial charge in [0.05, 0.1) is 23.2 Å². The Hall–Kier alpha value is -2.55. The zero-order chi connectivity index (χ0) is 21.3. The Balaban J connectivity index is 2.43. The second-order valence-corrected chi connectivity index (χ2v) is 8.42. The number of sulfonamides is 1. The molecule has 0 aliphatic carbocycles. The Morgan fingerprint density at radius 2 is 1.71 bits per heavy atom. The van der Waals surface area contributed by atoms with Crippen molar-refractivity contribution in [3.8, 4) is 0 Å². The van der Waals surface area contributed by atoms with Crippen molar-refractivity contribution in [2.75, 3.05) is 15.9 Å². The molecule has 28 heavy (non-hydrogen) atoms. The third-order valence-electron chi connectivity index (χ3n) is 4.18. The number of amides is 1. The van der Waals surface area contributed by atoms with E-state index in [0.717, 1.165) is 28.3 Å². The molecule has 0 saturated carbocycles. The van der Waals surface area contributed by atoms with Crippen molar-refractivity contribution in [2.24, 2.45) is 0 Å². The van der Waals surface area contributed by atoms with Crippen molar-refractivity contribution in [1.29, 1.82) is 0 Å². The van der Waals surface area contributed by atoms with E-state index in [1.165, 1.54) is 19.1 Å². The van der Waals surface area contributed by atoms with Gasteiger partial charge in [-0.3, -0.25) is 9.10 Å². The van der Waals surface area contributed by atoms with Crippen LogP contribution in [0.1, 0.15) is 23.6 Å². The molecule has 0 bridgehead atoms. The van der Waals surface area contributed by atoms with E-state index in [2.05, 4.69) is 5.32 Å². The molecule has 1 atom stereocenters. The molecule has 0 unspecified atom stereocenters. The number of alkyl halides is 3. The first-order chi connectivity index (χ1) is 12.8. The first kappa shape index (κ1) is 21.7. The Bertz CT molecular complexity index is 988. The standard InChI is InChI=1S/C19H21F3N2O3S/c1-12-9-10-13(2)17(11-12)24(28(4,26)27)14(3)18(25)23-16-8-6-5-7-15(16)19(20,21)22/h5-11,14H,1-4H3,(H,23,25)/t14-/m0/s1. The van der Waals surface area contributed by atoms with Gasteiger partial charge in [-0.2, -0.15) is 13.2 Å². The van der Waals surface area contributed by atoms with E-state index in [0.29, 0.717) is 11.3 Å². The lowest BCUT2D eigenvalue weighted by Gasteiger charge is -2.30. The van der Waals surface area contributed by atoms with Crippen molar-refractivity contribution in [3.63, 3.8) is 0 Å². The summed E-state index contributed by atoms with van der Waals surface area (Å²) in [6, 6.07) is 8.39. The highest BCUT2D eigenvalue weighted by Gasteiger charge is 2.35. The SMILES string of the molecule is Cc1ccc(C)c(N([C@@H](C)C(=O)Nc2ccccc2C(F)(F)F)S(C)(=O)=O)c1. The number of para-hydroxylation sites is 1. The largest absolute Gasteiger partial charge is 0.418 e. The fourth-order valence-corrected chi connectivity index (χ4v) is 4.04. The van der Waals surface area contributed by atoms with Crippen LogP contribution in [0.4, 0.5) is 24.5 Å². The van der Waals surface area contributed by atoms with Gasteiger partial charge < -0.3 is 5.32 Å². The van der Waals surface area contributed by atoms with Crippen molar-refractivity contribution in [2.45, 2.75) is 33.0 Å². The number of rotatable bonds is 5. The lowest BCUT2D eigenvalue weighted by molar-refractivity contribution is -0.137. The minimum absolute atomic E-state index is 0.300. The summed E-state index contributed by atoms with van der Waals surface area (Å²) in [4.78, 5) is 12.7. The third-order valence-corrected chi connectivity index (χ3v) is 5.41. The first-order valence-corrected chi connectivity index (χ1v) is 10.2. The van der Waals surface area contributed by atoms with Crippen LogP contribution < -0.4 is 9.62 Å². The predicted molar refractivity (Wildman–Crippen MR) is 103 cm³/mol. The lowest BCUT2D eigenvalue weighted by atomic mass is 10.1. The fourth-order valence-electron chi connectivity index (χ4n) is 2.81.